The van der Waals surface area contributed by atoms with E-state index in [0.717, 1.165) is 16.6 Å². The molecule has 2 rings (SSSR count). The lowest BCUT2D eigenvalue weighted by atomic mass is 10.0. The van der Waals surface area contributed by atoms with Gasteiger partial charge in [-0.3, -0.25) is 4.68 Å². The minimum absolute atomic E-state index is 0.538. The van der Waals surface area contributed by atoms with Gasteiger partial charge in [-0.1, -0.05) is 12.1 Å². The van der Waals surface area contributed by atoms with Crippen molar-refractivity contribution in [2.45, 2.75) is 12.2 Å². The quantitative estimate of drug-likeness (QED) is 0.916. The van der Waals surface area contributed by atoms with Gasteiger partial charge in [0, 0.05) is 7.05 Å². The second kappa shape index (κ2) is 4.97. The Hall–Kier alpha value is -1.34. The van der Waals surface area contributed by atoms with Gasteiger partial charge in [-0.2, -0.15) is 18.3 Å². The van der Waals surface area contributed by atoms with Gasteiger partial charge < -0.3 is 5.73 Å². The van der Waals surface area contributed by atoms with E-state index >= 15 is 0 Å². The summed E-state index contributed by atoms with van der Waals surface area (Å²) in [5.41, 5.74) is 6.66. The van der Waals surface area contributed by atoms with Gasteiger partial charge in [0.15, 0.2) is 0 Å². The summed E-state index contributed by atoms with van der Waals surface area (Å²) in [7, 11) is 1.73. The number of hydrogen-bond donors (Lipinski definition) is 1. The molecule has 0 radical (unpaired) electrons. The number of rotatable bonds is 2. The van der Waals surface area contributed by atoms with E-state index in [9.17, 15) is 13.2 Å². The lowest BCUT2D eigenvalue weighted by molar-refractivity contribution is -0.137. The summed E-state index contributed by atoms with van der Waals surface area (Å²) in [6, 6.07) is 4.28. The topological polar surface area (TPSA) is 43.8 Å². The number of hydrogen-bond acceptors (Lipinski definition) is 2. The molecule has 1 heterocycles. The molecular weight excluding hydrogens is 323 g/mol. The van der Waals surface area contributed by atoms with Crippen LogP contribution >= 0.6 is 15.9 Å². The molecule has 0 amide bonds. The Kier molecular flexibility index (Phi) is 3.69. The zero-order valence-electron chi connectivity index (χ0n) is 9.95. The molecule has 0 aliphatic carbocycles. The fourth-order valence-corrected chi connectivity index (χ4v) is 2.40. The van der Waals surface area contributed by atoms with Crippen LogP contribution in [0, 0.1) is 0 Å². The van der Waals surface area contributed by atoms with Crippen molar-refractivity contribution in [1.82, 2.24) is 9.78 Å². The van der Waals surface area contributed by atoms with Crippen LogP contribution in [0.1, 0.15) is 22.9 Å². The molecule has 1 unspecified atom stereocenters. The Morgan fingerprint density at radius 2 is 1.84 bits per heavy atom. The second-order valence-electron chi connectivity index (χ2n) is 4.10. The van der Waals surface area contributed by atoms with Crippen LogP contribution in [0.5, 0.6) is 0 Å². The van der Waals surface area contributed by atoms with Crippen LogP contribution in [-0.2, 0) is 13.2 Å². The van der Waals surface area contributed by atoms with Gasteiger partial charge in [-0.25, -0.2) is 0 Å². The Morgan fingerprint density at radius 3 is 2.26 bits per heavy atom. The fraction of sp³-hybridized carbons (Fsp3) is 0.250. The zero-order valence-corrected chi connectivity index (χ0v) is 11.5. The Balaban J connectivity index is 2.33. The van der Waals surface area contributed by atoms with Crippen LogP contribution in [0.3, 0.4) is 0 Å². The standard InChI is InChI=1S/C12H11BrF3N3/c1-19-11(9(13)6-18-19)10(17)7-2-4-8(5-3-7)12(14,15)16/h2-6,10H,17H2,1H3. The summed E-state index contributed by atoms with van der Waals surface area (Å²) < 4.78 is 39.7. The van der Waals surface area contributed by atoms with Gasteiger partial charge in [0.05, 0.1) is 28.0 Å². The maximum absolute atomic E-state index is 12.5. The zero-order chi connectivity index (χ0) is 14.2. The predicted octanol–water partition coefficient (Wildman–Crippen LogP) is 3.25. The number of halogens is 4. The van der Waals surface area contributed by atoms with Crippen molar-refractivity contribution in [3.05, 3.63) is 51.8 Å². The molecule has 0 fully saturated rings. The first kappa shape index (κ1) is 14.1. The van der Waals surface area contributed by atoms with Crippen LogP contribution in [0.4, 0.5) is 13.2 Å². The minimum Gasteiger partial charge on any atom is -0.319 e. The van der Waals surface area contributed by atoms with Gasteiger partial charge in [-0.15, -0.1) is 0 Å². The summed E-state index contributed by atoms with van der Waals surface area (Å²) in [4.78, 5) is 0. The highest BCUT2D eigenvalue weighted by molar-refractivity contribution is 9.10. The van der Waals surface area contributed by atoms with Gasteiger partial charge in [0.2, 0.25) is 0 Å². The van der Waals surface area contributed by atoms with Gasteiger partial charge in [0.25, 0.3) is 0 Å². The Labute approximate surface area is 116 Å². The molecule has 3 nitrogen and oxygen atoms in total. The molecule has 2 aromatic rings. The molecular formula is C12H11BrF3N3. The normalized spacial score (nSPS) is 13.6. The number of benzene rings is 1. The summed E-state index contributed by atoms with van der Waals surface area (Å²) in [6.45, 7) is 0. The van der Waals surface area contributed by atoms with E-state index in [1.165, 1.54) is 12.1 Å². The molecule has 7 heteroatoms. The third-order valence-corrected chi connectivity index (χ3v) is 3.44. The van der Waals surface area contributed by atoms with Crippen molar-refractivity contribution in [1.29, 1.82) is 0 Å². The molecule has 0 bridgehead atoms. The number of aromatic nitrogens is 2. The van der Waals surface area contributed by atoms with E-state index in [4.69, 9.17) is 5.73 Å². The molecule has 1 atom stereocenters. The predicted molar refractivity (Wildman–Crippen MR) is 68.4 cm³/mol. The maximum atomic E-state index is 12.5. The highest BCUT2D eigenvalue weighted by atomic mass is 79.9. The van der Waals surface area contributed by atoms with Crippen LogP contribution in [0.25, 0.3) is 0 Å². The van der Waals surface area contributed by atoms with Gasteiger partial charge in [0.1, 0.15) is 0 Å². The van der Waals surface area contributed by atoms with E-state index in [-0.39, 0.29) is 0 Å². The van der Waals surface area contributed by atoms with E-state index in [2.05, 4.69) is 21.0 Å². The molecule has 0 aliphatic rings. The highest BCUT2D eigenvalue weighted by Crippen LogP contribution is 2.31. The molecule has 102 valence electrons. The lowest BCUT2D eigenvalue weighted by Gasteiger charge is -2.14. The van der Waals surface area contributed by atoms with Crippen LogP contribution in [0.2, 0.25) is 0 Å². The summed E-state index contributed by atoms with van der Waals surface area (Å²) in [5.74, 6) is 0. The number of nitrogens with zero attached hydrogens (tertiary/aromatic N) is 2. The highest BCUT2D eigenvalue weighted by Gasteiger charge is 2.30. The fourth-order valence-electron chi connectivity index (χ4n) is 1.81. The molecule has 19 heavy (non-hydrogen) atoms. The largest absolute Gasteiger partial charge is 0.416 e. The van der Waals surface area contributed by atoms with E-state index in [0.29, 0.717) is 11.3 Å². The van der Waals surface area contributed by atoms with E-state index in [1.807, 2.05) is 0 Å². The monoisotopic (exact) mass is 333 g/mol. The minimum atomic E-state index is -4.34. The number of nitrogens with two attached hydrogens (primary N) is 1. The second-order valence-corrected chi connectivity index (χ2v) is 4.95. The van der Waals surface area contributed by atoms with Gasteiger partial charge in [-0.05, 0) is 33.6 Å². The number of aryl methyl sites for hydroxylation is 1. The number of alkyl halides is 3. The van der Waals surface area contributed by atoms with Crippen molar-refractivity contribution >= 4 is 15.9 Å². The van der Waals surface area contributed by atoms with Crippen molar-refractivity contribution in [2.75, 3.05) is 0 Å². The Morgan fingerprint density at radius 1 is 1.26 bits per heavy atom. The lowest BCUT2D eigenvalue weighted by Crippen LogP contribution is -2.17. The van der Waals surface area contributed by atoms with E-state index < -0.39 is 17.8 Å². The van der Waals surface area contributed by atoms with Crippen LogP contribution in [-0.4, -0.2) is 9.78 Å². The summed E-state index contributed by atoms with van der Waals surface area (Å²) in [5, 5.41) is 4.03. The molecule has 2 N–H and O–H groups in total. The average molecular weight is 334 g/mol. The third kappa shape index (κ3) is 2.82. The molecule has 0 spiro atoms. The van der Waals surface area contributed by atoms with Crippen molar-refractivity contribution in [2.24, 2.45) is 12.8 Å². The smallest absolute Gasteiger partial charge is 0.319 e. The first-order valence-electron chi connectivity index (χ1n) is 5.41. The molecule has 1 aromatic carbocycles. The summed E-state index contributed by atoms with van der Waals surface area (Å²) in [6.07, 6.45) is -2.74. The summed E-state index contributed by atoms with van der Waals surface area (Å²) >= 11 is 3.32. The van der Waals surface area contributed by atoms with Crippen molar-refractivity contribution < 1.29 is 13.2 Å². The van der Waals surface area contributed by atoms with Crippen molar-refractivity contribution in [3.63, 3.8) is 0 Å². The molecule has 0 saturated heterocycles. The van der Waals surface area contributed by atoms with Crippen molar-refractivity contribution in [3.8, 4) is 0 Å². The maximum Gasteiger partial charge on any atom is 0.416 e. The molecule has 0 saturated carbocycles. The first-order valence-corrected chi connectivity index (χ1v) is 6.20. The Bertz CT molecular complexity index is 555. The molecule has 0 aliphatic heterocycles. The first-order chi connectivity index (χ1) is 8.80. The average Bonchev–Trinajstić information content (AvgIpc) is 2.67. The third-order valence-electron chi connectivity index (χ3n) is 2.83. The van der Waals surface area contributed by atoms with Crippen LogP contribution in [0.15, 0.2) is 34.9 Å². The SMILES string of the molecule is Cn1ncc(Br)c1C(N)c1ccc(C(F)(F)F)cc1. The van der Waals surface area contributed by atoms with Crippen LogP contribution < -0.4 is 5.73 Å². The van der Waals surface area contributed by atoms with E-state index in [1.54, 1.807) is 17.9 Å². The molecule has 1 aromatic heterocycles. The van der Waals surface area contributed by atoms with Gasteiger partial charge >= 0.3 is 6.18 Å².